The lowest BCUT2D eigenvalue weighted by Crippen LogP contribution is -2.49. The Morgan fingerprint density at radius 1 is 1.06 bits per heavy atom. The van der Waals surface area contributed by atoms with Gasteiger partial charge in [0.05, 0.1) is 0 Å². The van der Waals surface area contributed by atoms with E-state index < -0.39 is 0 Å². The molecular formula is C13H29N3. The van der Waals surface area contributed by atoms with E-state index in [0.717, 1.165) is 19.6 Å². The average Bonchev–Trinajstić information content (AvgIpc) is 2.30. The largest absolute Gasteiger partial charge is 0.326 e. The molecule has 1 fully saturated rings. The minimum atomic E-state index is 0.399. The van der Waals surface area contributed by atoms with Gasteiger partial charge in [-0.05, 0) is 33.0 Å². The summed E-state index contributed by atoms with van der Waals surface area (Å²) in [6, 6.07) is 1.01. The molecule has 1 aliphatic rings. The Hall–Kier alpha value is -0.120. The maximum absolute atomic E-state index is 6.20. The van der Waals surface area contributed by atoms with Gasteiger partial charge in [0.1, 0.15) is 0 Å². The molecule has 0 aromatic rings. The lowest BCUT2D eigenvalue weighted by molar-refractivity contribution is 0.148. The summed E-state index contributed by atoms with van der Waals surface area (Å²) in [5.74, 6) is 0. The number of hydrogen-bond donors (Lipinski definition) is 1. The predicted octanol–water partition coefficient (Wildman–Crippen LogP) is 1.53. The highest BCUT2D eigenvalue weighted by molar-refractivity contribution is 4.84. The van der Waals surface area contributed by atoms with Gasteiger partial charge in [0.25, 0.3) is 0 Å². The van der Waals surface area contributed by atoms with Crippen LogP contribution in [0.4, 0.5) is 0 Å². The molecule has 0 aromatic heterocycles. The van der Waals surface area contributed by atoms with Gasteiger partial charge in [-0.2, -0.15) is 0 Å². The Morgan fingerprint density at radius 2 is 1.69 bits per heavy atom. The Labute approximate surface area is 101 Å². The number of likely N-dealkylation sites (N-methyl/N-ethyl adjacent to an activating group) is 2. The Morgan fingerprint density at radius 3 is 2.25 bits per heavy atom. The van der Waals surface area contributed by atoms with E-state index in [9.17, 15) is 0 Å². The van der Waals surface area contributed by atoms with Gasteiger partial charge in [-0.15, -0.1) is 0 Å². The van der Waals surface area contributed by atoms with E-state index in [1.807, 2.05) is 0 Å². The van der Waals surface area contributed by atoms with Crippen LogP contribution in [0.15, 0.2) is 0 Å². The SMILES string of the molecule is CCN(CC)CCN(C)C1CCCCC1N. The first-order valence-corrected chi connectivity index (χ1v) is 6.87. The highest BCUT2D eigenvalue weighted by atomic mass is 15.2. The highest BCUT2D eigenvalue weighted by Gasteiger charge is 2.25. The van der Waals surface area contributed by atoms with E-state index in [0.29, 0.717) is 12.1 Å². The molecule has 0 heterocycles. The van der Waals surface area contributed by atoms with E-state index in [-0.39, 0.29) is 0 Å². The molecule has 3 nitrogen and oxygen atoms in total. The molecule has 2 atom stereocenters. The summed E-state index contributed by atoms with van der Waals surface area (Å²) in [4.78, 5) is 4.95. The van der Waals surface area contributed by atoms with Crippen molar-refractivity contribution in [2.75, 3.05) is 33.2 Å². The van der Waals surface area contributed by atoms with Crippen molar-refractivity contribution >= 4 is 0 Å². The highest BCUT2D eigenvalue weighted by Crippen LogP contribution is 2.20. The minimum absolute atomic E-state index is 0.399. The Balaban J connectivity index is 2.30. The van der Waals surface area contributed by atoms with Crippen LogP contribution in [0.2, 0.25) is 0 Å². The predicted molar refractivity (Wildman–Crippen MR) is 70.6 cm³/mol. The van der Waals surface area contributed by atoms with Gasteiger partial charge < -0.3 is 15.5 Å². The van der Waals surface area contributed by atoms with Crippen LogP contribution >= 0.6 is 0 Å². The van der Waals surface area contributed by atoms with E-state index >= 15 is 0 Å². The minimum Gasteiger partial charge on any atom is -0.326 e. The third-order valence-electron chi connectivity index (χ3n) is 4.01. The van der Waals surface area contributed by atoms with Gasteiger partial charge in [-0.25, -0.2) is 0 Å². The molecule has 3 heteroatoms. The van der Waals surface area contributed by atoms with Crippen LogP contribution in [0.5, 0.6) is 0 Å². The van der Waals surface area contributed by atoms with Crippen molar-refractivity contribution in [1.29, 1.82) is 0 Å². The van der Waals surface area contributed by atoms with Gasteiger partial charge in [0, 0.05) is 25.2 Å². The summed E-state index contributed by atoms with van der Waals surface area (Å²) >= 11 is 0. The zero-order chi connectivity index (χ0) is 12.0. The maximum atomic E-state index is 6.20. The van der Waals surface area contributed by atoms with E-state index in [2.05, 4.69) is 30.7 Å². The summed E-state index contributed by atoms with van der Waals surface area (Å²) in [5.41, 5.74) is 6.20. The number of hydrogen-bond acceptors (Lipinski definition) is 3. The lowest BCUT2D eigenvalue weighted by Gasteiger charge is -2.36. The first-order chi connectivity index (χ1) is 7.69. The van der Waals surface area contributed by atoms with Crippen LogP contribution in [-0.4, -0.2) is 55.1 Å². The van der Waals surface area contributed by atoms with Gasteiger partial charge in [0.15, 0.2) is 0 Å². The summed E-state index contributed by atoms with van der Waals surface area (Å²) in [5, 5.41) is 0. The molecular weight excluding hydrogens is 198 g/mol. The fourth-order valence-electron chi connectivity index (χ4n) is 2.69. The fourth-order valence-corrected chi connectivity index (χ4v) is 2.69. The van der Waals surface area contributed by atoms with Crippen LogP contribution in [0.1, 0.15) is 39.5 Å². The first kappa shape index (κ1) is 13.9. The smallest absolute Gasteiger partial charge is 0.0244 e. The molecule has 1 aliphatic carbocycles. The first-order valence-electron chi connectivity index (χ1n) is 6.87. The van der Waals surface area contributed by atoms with Crippen LogP contribution in [0.25, 0.3) is 0 Å². The van der Waals surface area contributed by atoms with Crippen molar-refractivity contribution in [2.24, 2.45) is 5.73 Å². The van der Waals surface area contributed by atoms with Gasteiger partial charge in [-0.3, -0.25) is 0 Å². The number of rotatable bonds is 6. The third-order valence-corrected chi connectivity index (χ3v) is 4.01. The Bertz CT molecular complexity index is 180. The van der Waals surface area contributed by atoms with E-state index in [1.54, 1.807) is 0 Å². The molecule has 96 valence electrons. The number of nitrogens with two attached hydrogens (primary N) is 1. The van der Waals surface area contributed by atoms with Crippen molar-refractivity contribution in [3.8, 4) is 0 Å². The average molecular weight is 227 g/mol. The summed E-state index contributed by atoms with van der Waals surface area (Å²) < 4.78 is 0. The molecule has 1 saturated carbocycles. The van der Waals surface area contributed by atoms with Crippen LogP contribution in [0.3, 0.4) is 0 Å². The lowest BCUT2D eigenvalue weighted by atomic mass is 9.90. The van der Waals surface area contributed by atoms with Crippen molar-refractivity contribution < 1.29 is 0 Å². The molecule has 0 bridgehead atoms. The Kier molecular flexibility index (Phi) is 6.32. The molecule has 0 aromatic carbocycles. The second-order valence-corrected chi connectivity index (χ2v) is 5.02. The summed E-state index contributed by atoms with van der Waals surface area (Å²) in [6.45, 7) is 9.10. The summed E-state index contributed by atoms with van der Waals surface area (Å²) in [6.07, 6.45) is 5.17. The number of nitrogens with zero attached hydrogens (tertiary/aromatic N) is 2. The molecule has 16 heavy (non-hydrogen) atoms. The normalized spacial score (nSPS) is 26.6. The second-order valence-electron chi connectivity index (χ2n) is 5.02. The van der Waals surface area contributed by atoms with Crippen molar-refractivity contribution in [1.82, 2.24) is 9.80 Å². The topological polar surface area (TPSA) is 32.5 Å². The fraction of sp³-hybridized carbons (Fsp3) is 1.00. The van der Waals surface area contributed by atoms with Crippen molar-refractivity contribution in [3.63, 3.8) is 0 Å². The van der Waals surface area contributed by atoms with Crippen molar-refractivity contribution in [2.45, 2.75) is 51.6 Å². The van der Waals surface area contributed by atoms with Gasteiger partial charge in [-0.1, -0.05) is 26.7 Å². The van der Waals surface area contributed by atoms with Crippen LogP contribution < -0.4 is 5.73 Å². The monoisotopic (exact) mass is 227 g/mol. The zero-order valence-electron chi connectivity index (χ0n) is 11.3. The standard InChI is InChI=1S/C13H29N3/c1-4-16(5-2)11-10-15(3)13-9-7-6-8-12(13)14/h12-13H,4-11,14H2,1-3H3. The molecule has 0 aliphatic heterocycles. The second kappa shape index (κ2) is 7.25. The van der Waals surface area contributed by atoms with Crippen LogP contribution in [-0.2, 0) is 0 Å². The molecule has 0 saturated heterocycles. The van der Waals surface area contributed by atoms with E-state index in [1.165, 1.54) is 32.2 Å². The molecule has 0 radical (unpaired) electrons. The quantitative estimate of drug-likeness (QED) is 0.747. The molecule has 0 spiro atoms. The molecule has 2 N–H and O–H groups in total. The molecule has 2 unspecified atom stereocenters. The van der Waals surface area contributed by atoms with E-state index in [4.69, 9.17) is 5.73 Å². The zero-order valence-corrected chi connectivity index (χ0v) is 11.3. The third kappa shape index (κ3) is 4.04. The maximum Gasteiger partial charge on any atom is 0.0244 e. The van der Waals surface area contributed by atoms with Gasteiger partial charge >= 0.3 is 0 Å². The molecule has 0 amide bonds. The summed E-state index contributed by atoms with van der Waals surface area (Å²) in [7, 11) is 2.24. The van der Waals surface area contributed by atoms with Crippen molar-refractivity contribution in [3.05, 3.63) is 0 Å². The van der Waals surface area contributed by atoms with Gasteiger partial charge in [0.2, 0.25) is 0 Å². The molecule has 1 rings (SSSR count). The van der Waals surface area contributed by atoms with Crippen LogP contribution in [0, 0.1) is 0 Å².